The van der Waals surface area contributed by atoms with Crippen molar-refractivity contribution in [3.05, 3.63) is 71.8 Å². The van der Waals surface area contributed by atoms with Gasteiger partial charge >= 0.3 is 0 Å². The lowest BCUT2D eigenvalue weighted by molar-refractivity contribution is 0.869. The van der Waals surface area contributed by atoms with Crippen LogP contribution >= 0.6 is 0 Å². The third-order valence-corrected chi connectivity index (χ3v) is 4.64. The molecule has 0 aliphatic heterocycles. The Morgan fingerprint density at radius 3 is 2.09 bits per heavy atom. The average Bonchev–Trinajstić information content (AvgIpc) is 2.52. The molecule has 0 heterocycles. The molecule has 0 spiro atoms. The van der Waals surface area contributed by atoms with Crippen LogP contribution in [0.5, 0.6) is 0 Å². The van der Waals surface area contributed by atoms with Crippen LogP contribution in [0.2, 0.25) is 0 Å². The van der Waals surface area contributed by atoms with Crippen LogP contribution in [0, 0.1) is 6.92 Å². The second kappa shape index (κ2) is 4.84. The molecule has 0 saturated carbocycles. The maximum absolute atomic E-state index is 2.34. The van der Waals surface area contributed by atoms with Crippen molar-refractivity contribution in [2.24, 2.45) is 0 Å². The minimum absolute atomic E-state index is 0.569. The lowest BCUT2D eigenvalue weighted by Crippen LogP contribution is -1.87. The second-order valence-electron chi connectivity index (χ2n) is 6.62. The van der Waals surface area contributed by atoms with Crippen LogP contribution in [0.1, 0.15) is 30.9 Å². The highest BCUT2D eigenvalue weighted by Gasteiger charge is 2.05. The fourth-order valence-corrected chi connectivity index (χ4v) is 3.29. The summed E-state index contributed by atoms with van der Waals surface area (Å²) in [6.07, 6.45) is 0. The summed E-state index contributed by atoms with van der Waals surface area (Å²) in [4.78, 5) is 0. The number of benzene rings is 4. The van der Waals surface area contributed by atoms with Crippen LogP contribution in [-0.4, -0.2) is 0 Å². The molecule has 0 bridgehead atoms. The van der Waals surface area contributed by atoms with Crippen LogP contribution < -0.4 is 0 Å². The van der Waals surface area contributed by atoms with E-state index in [2.05, 4.69) is 81.4 Å². The van der Waals surface area contributed by atoms with Crippen LogP contribution in [0.15, 0.2) is 60.7 Å². The van der Waals surface area contributed by atoms with Gasteiger partial charge in [0.1, 0.15) is 0 Å². The van der Waals surface area contributed by atoms with Crippen LogP contribution in [0.4, 0.5) is 0 Å². The molecule has 0 unspecified atom stereocenters. The van der Waals surface area contributed by atoms with Gasteiger partial charge in [-0.3, -0.25) is 0 Å². The molecule has 0 heteroatoms. The highest BCUT2D eigenvalue weighted by Crippen LogP contribution is 2.31. The standard InChI is InChI=1S/C22H20/c1-14(2)17-7-8-18-13-22-19(12-20(18)11-17)9-6-16-5-4-15(3)10-21(16)22/h4-14H,1-3H3. The molecule has 0 aliphatic carbocycles. The smallest absolute Gasteiger partial charge is 0.00989 e. The van der Waals surface area contributed by atoms with Gasteiger partial charge in [-0.05, 0) is 62.9 Å². The average molecular weight is 284 g/mol. The summed E-state index contributed by atoms with van der Waals surface area (Å²) in [7, 11) is 0. The topological polar surface area (TPSA) is 0 Å². The maximum atomic E-state index is 2.34. The monoisotopic (exact) mass is 284 g/mol. The number of fused-ring (bicyclic) bond motifs is 4. The van der Waals surface area contributed by atoms with Crippen molar-refractivity contribution in [1.29, 1.82) is 0 Å². The molecule has 4 aromatic rings. The molecule has 0 nitrogen and oxygen atoms in total. The molecule has 0 radical (unpaired) electrons. The predicted octanol–water partition coefficient (Wildman–Crippen LogP) is 6.58. The fourth-order valence-electron chi connectivity index (χ4n) is 3.29. The first-order valence-electron chi connectivity index (χ1n) is 7.98. The highest BCUT2D eigenvalue weighted by molar-refractivity contribution is 6.12. The minimum atomic E-state index is 0.569. The summed E-state index contributed by atoms with van der Waals surface area (Å²) in [5, 5.41) is 8.01. The number of rotatable bonds is 1. The van der Waals surface area contributed by atoms with Gasteiger partial charge in [0.15, 0.2) is 0 Å². The zero-order valence-corrected chi connectivity index (χ0v) is 13.4. The molecule has 4 aromatic carbocycles. The Hall–Kier alpha value is -2.34. The van der Waals surface area contributed by atoms with Gasteiger partial charge in [-0.1, -0.05) is 67.9 Å². The highest BCUT2D eigenvalue weighted by atomic mass is 14.1. The normalized spacial score (nSPS) is 11.8. The van der Waals surface area contributed by atoms with E-state index in [0.29, 0.717) is 5.92 Å². The van der Waals surface area contributed by atoms with E-state index in [-0.39, 0.29) is 0 Å². The minimum Gasteiger partial charge on any atom is -0.0587 e. The molecular weight excluding hydrogens is 264 g/mol. The van der Waals surface area contributed by atoms with Gasteiger partial charge < -0.3 is 0 Å². The van der Waals surface area contributed by atoms with E-state index in [1.165, 1.54) is 43.4 Å². The predicted molar refractivity (Wildman–Crippen MR) is 97.8 cm³/mol. The van der Waals surface area contributed by atoms with E-state index in [9.17, 15) is 0 Å². The largest absolute Gasteiger partial charge is 0.0587 e. The lowest BCUT2D eigenvalue weighted by atomic mass is 9.94. The van der Waals surface area contributed by atoms with E-state index in [0.717, 1.165) is 0 Å². The first-order valence-corrected chi connectivity index (χ1v) is 7.98. The van der Waals surface area contributed by atoms with Crippen LogP contribution in [0.3, 0.4) is 0 Å². The second-order valence-corrected chi connectivity index (χ2v) is 6.62. The summed E-state index contributed by atoms with van der Waals surface area (Å²) in [6, 6.07) is 22.7. The molecule has 0 aliphatic rings. The van der Waals surface area contributed by atoms with E-state index in [4.69, 9.17) is 0 Å². The third-order valence-electron chi connectivity index (χ3n) is 4.64. The van der Waals surface area contributed by atoms with Gasteiger partial charge in [-0.25, -0.2) is 0 Å². The Balaban J connectivity index is 2.09. The zero-order valence-electron chi connectivity index (χ0n) is 13.4. The van der Waals surface area contributed by atoms with Gasteiger partial charge in [-0.2, -0.15) is 0 Å². The van der Waals surface area contributed by atoms with Crippen LogP contribution in [0.25, 0.3) is 32.3 Å². The maximum Gasteiger partial charge on any atom is -0.00989 e. The Kier molecular flexibility index (Phi) is 2.94. The van der Waals surface area contributed by atoms with E-state index in [1.54, 1.807) is 0 Å². The summed E-state index contributed by atoms with van der Waals surface area (Å²) in [5.41, 5.74) is 2.72. The van der Waals surface area contributed by atoms with Gasteiger partial charge in [0, 0.05) is 0 Å². The fraction of sp³-hybridized carbons (Fsp3) is 0.182. The molecule has 0 fully saturated rings. The molecule has 0 saturated heterocycles. The summed E-state index contributed by atoms with van der Waals surface area (Å²) < 4.78 is 0. The first-order chi connectivity index (χ1) is 10.6. The first kappa shape index (κ1) is 13.3. The SMILES string of the molecule is Cc1ccc2ccc3cc4cc(C(C)C)ccc4cc3c2c1. The molecule has 0 aromatic heterocycles. The van der Waals surface area contributed by atoms with Crippen molar-refractivity contribution >= 4 is 32.3 Å². The zero-order chi connectivity index (χ0) is 15.3. The Morgan fingerprint density at radius 2 is 1.27 bits per heavy atom. The number of aryl methyl sites for hydroxylation is 1. The molecule has 0 atom stereocenters. The van der Waals surface area contributed by atoms with E-state index >= 15 is 0 Å². The van der Waals surface area contributed by atoms with Gasteiger partial charge in [-0.15, -0.1) is 0 Å². The quantitative estimate of drug-likeness (QED) is 0.273. The Morgan fingerprint density at radius 1 is 0.591 bits per heavy atom. The van der Waals surface area contributed by atoms with Crippen molar-refractivity contribution in [3.8, 4) is 0 Å². The van der Waals surface area contributed by atoms with Crippen molar-refractivity contribution in [1.82, 2.24) is 0 Å². The van der Waals surface area contributed by atoms with Crippen molar-refractivity contribution in [3.63, 3.8) is 0 Å². The number of hydrogen-bond donors (Lipinski definition) is 0. The molecule has 22 heavy (non-hydrogen) atoms. The molecule has 0 amide bonds. The van der Waals surface area contributed by atoms with E-state index in [1.807, 2.05) is 0 Å². The summed E-state index contributed by atoms with van der Waals surface area (Å²) in [6.45, 7) is 6.66. The number of hydrogen-bond acceptors (Lipinski definition) is 0. The van der Waals surface area contributed by atoms with E-state index < -0.39 is 0 Å². The van der Waals surface area contributed by atoms with Crippen LogP contribution in [-0.2, 0) is 0 Å². The molecule has 108 valence electrons. The Labute approximate surface area is 131 Å². The van der Waals surface area contributed by atoms with Crippen molar-refractivity contribution in [2.45, 2.75) is 26.7 Å². The van der Waals surface area contributed by atoms with Gasteiger partial charge in [0.05, 0.1) is 0 Å². The third kappa shape index (κ3) is 2.07. The van der Waals surface area contributed by atoms with Crippen molar-refractivity contribution < 1.29 is 0 Å². The van der Waals surface area contributed by atoms with Crippen molar-refractivity contribution in [2.75, 3.05) is 0 Å². The van der Waals surface area contributed by atoms with Gasteiger partial charge in [0.25, 0.3) is 0 Å². The molecule has 0 N–H and O–H groups in total. The summed E-state index contributed by atoms with van der Waals surface area (Å²) >= 11 is 0. The summed E-state index contributed by atoms with van der Waals surface area (Å²) in [5.74, 6) is 0.569. The Bertz CT molecular complexity index is 1010. The lowest BCUT2D eigenvalue weighted by Gasteiger charge is -2.10. The molecule has 4 rings (SSSR count). The van der Waals surface area contributed by atoms with Gasteiger partial charge in [0.2, 0.25) is 0 Å². The molecular formula is C22H20.